The van der Waals surface area contributed by atoms with Crippen LogP contribution in [0, 0.1) is 0 Å². The highest BCUT2D eigenvalue weighted by Gasteiger charge is 2.08. The summed E-state index contributed by atoms with van der Waals surface area (Å²) < 4.78 is 0. The average Bonchev–Trinajstić information content (AvgIpc) is 2.03. The molecule has 0 fully saturated rings. The first-order valence-corrected chi connectivity index (χ1v) is 3.71. The van der Waals surface area contributed by atoms with E-state index in [0.29, 0.717) is 5.57 Å². The maximum absolute atomic E-state index is 11.0. The SMILES string of the molecule is C=NC(=O)NC(C)NC(=O)C(=C)C. The van der Waals surface area contributed by atoms with Crippen LogP contribution in [-0.4, -0.2) is 24.8 Å². The minimum Gasteiger partial charge on any atom is -0.332 e. The first-order chi connectivity index (χ1) is 5.97. The van der Waals surface area contributed by atoms with Gasteiger partial charge in [0.25, 0.3) is 0 Å². The molecular weight excluding hydrogens is 170 g/mol. The van der Waals surface area contributed by atoms with Crippen molar-refractivity contribution in [2.45, 2.75) is 20.0 Å². The molecule has 0 aliphatic heterocycles. The van der Waals surface area contributed by atoms with Crippen LogP contribution in [0.4, 0.5) is 4.79 Å². The molecule has 1 unspecified atom stereocenters. The van der Waals surface area contributed by atoms with Crippen molar-refractivity contribution in [2.75, 3.05) is 0 Å². The van der Waals surface area contributed by atoms with Crippen LogP contribution in [0.2, 0.25) is 0 Å². The maximum atomic E-state index is 11.0. The van der Waals surface area contributed by atoms with Crippen LogP contribution < -0.4 is 10.6 Å². The van der Waals surface area contributed by atoms with Crippen LogP contribution in [0.15, 0.2) is 17.1 Å². The summed E-state index contributed by atoms with van der Waals surface area (Å²) in [6.45, 7) is 9.68. The number of aliphatic imine (C=N–C) groups is 1. The number of amides is 3. The zero-order valence-corrected chi connectivity index (χ0v) is 7.76. The van der Waals surface area contributed by atoms with Crippen molar-refractivity contribution in [3.8, 4) is 0 Å². The lowest BCUT2D eigenvalue weighted by molar-refractivity contribution is -0.118. The summed E-state index contributed by atoms with van der Waals surface area (Å²) in [7, 11) is 0. The summed E-state index contributed by atoms with van der Waals surface area (Å²) in [5.41, 5.74) is 0.382. The Hall–Kier alpha value is -1.65. The van der Waals surface area contributed by atoms with E-state index in [1.165, 1.54) is 0 Å². The second-order valence-electron chi connectivity index (χ2n) is 2.58. The number of hydrogen-bond acceptors (Lipinski definition) is 2. The van der Waals surface area contributed by atoms with Crippen molar-refractivity contribution < 1.29 is 9.59 Å². The lowest BCUT2D eigenvalue weighted by Gasteiger charge is -2.13. The third kappa shape index (κ3) is 4.73. The molecule has 72 valence electrons. The molecule has 0 rings (SSSR count). The Morgan fingerprint density at radius 1 is 1.38 bits per heavy atom. The molecule has 0 heterocycles. The molecule has 0 aromatic rings. The summed E-state index contributed by atoms with van der Waals surface area (Å²) >= 11 is 0. The van der Waals surface area contributed by atoms with Gasteiger partial charge < -0.3 is 10.6 Å². The van der Waals surface area contributed by atoms with Crippen LogP contribution in [0.1, 0.15) is 13.8 Å². The Balaban J connectivity index is 3.94. The van der Waals surface area contributed by atoms with Crippen molar-refractivity contribution in [2.24, 2.45) is 4.99 Å². The highest BCUT2D eigenvalue weighted by molar-refractivity contribution is 5.92. The summed E-state index contributed by atoms with van der Waals surface area (Å²) in [6, 6.07) is -0.575. The molecule has 5 heteroatoms. The zero-order valence-electron chi connectivity index (χ0n) is 7.76. The molecule has 0 radical (unpaired) electrons. The summed E-state index contributed by atoms with van der Waals surface area (Å²) in [4.78, 5) is 24.8. The summed E-state index contributed by atoms with van der Waals surface area (Å²) in [5.74, 6) is -0.308. The van der Waals surface area contributed by atoms with Gasteiger partial charge in [-0.1, -0.05) is 6.58 Å². The number of rotatable bonds is 3. The third-order valence-electron chi connectivity index (χ3n) is 1.22. The van der Waals surface area contributed by atoms with Crippen LogP contribution in [0.5, 0.6) is 0 Å². The van der Waals surface area contributed by atoms with E-state index in [1.807, 2.05) is 0 Å². The Kier molecular flexibility index (Phi) is 4.43. The van der Waals surface area contributed by atoms with Crippen LogP contribution in [-0.2, 0) is 4.79 Å². The Labute approximate surface area is 76.9 Å². The Bertz CT molecular complexity index is 248. The minimum atomic E-state index is -0.575. The van der Waals surface area contributed by atoms with E-state index in [0.717, 1.165) is 0 Å². The number of nitrogens with one attached hydrogen (secondary N) is 2. The van der Waals surface area contributed by atoms with Gasteiger partial charge in [-0.15, -0.1) is 0 Å². The predicted molar refractivity (Wildman–Crippen MR) is 50.5 cm³/mol. The molecule has 0 aliphatic carbocycles. The lowest BCUT2D eigenvalue weighted by atomic mass is 10.3. The fourth-order valence-corrected chi connectivity index (χ4v) is 0.587. The zero-order chi connectivity index (χ0) is 10.4. The van der Waals surface area contributed by atoms with Gasteiger partial charge >= 0.3 is 6.03 Å². The smallest absolute Gasteiger partial charge is 0.332 e. The van der Waals surface area contributed by atoms with Crippen molar-refractivity contribution in [3.63, 3.8) is 0 Å². The van der Waals surface area contributed by atoms with E-state index in [9.17, 15) is 9.59 Å². The van der Waals surface area contributed by atoms with E-state index in [2.05, 4.69) is 28.9 Å². The maximum Gasteiger partial charge on any atom is 0.341 e. The summed E-state index contributed by atoms with van der Waals surface area (Å²) in [6.07, 6.45) is -0.484. The van der Waals surface area contributed by atoms with E-state index in [-0.39, 0.29) is 5.91 Å². The molecule has 3 amide bonds. The second-order valence-corrected chi connectivity index (χ2v) is 2.58. The fourth-order valence-electron chi connectivity index (χ4n) is 0.587. The second kappa shape index (κ2) is 5.08. The molecule has 0 aromatic heterocycles. The van der Waals surface area contributed by atoms with E-state index < -0.39 is 12.2 Å². The third-order valence-corrected chi connectivity index (χ3v) is 1.22. The molecule has 0 saturated carbocycles. The van der Waals surface area contributed by atoms with Crippen LogP contribution in [0.3, 0.4) is 0 Å². The fraction of sp³-hybridized carbons (Fsp3) is 0.375. The molecule has 0 bridgehead atoms. The highest BCUT2D eigenvalue weighted by Crippen LogP contribution is 1.87. The van der Waals surface area contributed by atoms with Gasteiger partial charge in [-0.2, -0.15) is 0 Å². The molecule has 0 aliphatic rings. The monoisotopic (exact) mass is 183 g/mol. The van der Waals surface area contributed by atoms with Crippen molar-refractivity contribution in [1.29, 1.82) is 0 Å². The predicted octanol–water partition coefficient (Wildman–Crippen LogP) is 0.435. The van der Waals surface area contributed by atoms with Crippen molar-refractivity contribution >= 4 is 18.7 Å². The van der Waals surface area contributed by atoms with Gasteiger partial charge in [0.2, 0.25) is 5.91 Å². The molecule has 0 aromatic carbocycles. The quantitative estimate of drug-likeness (QED) is 0.378. The Morgan fingerprint density at radius 3 is 2.31 bits per heavy atom. The van der Waals surface area contributed by atoms with Gasteiger partial charge in [-0.05, 0) is 20.6 Å². The topological polar surface area (TPSA) is 70.6 Å². The molecule has 13 heavy (non-hydrogen) atoms. The molecule has 0 saturated heterocycles. The first-order valence-electron chi connectivity index (χ1n) is 3.71. The van der Waals surface area contributed by atoms with Crippen molar-refractivity contribution in [1.82, 2.24) is 10.6 Å². The number of carbonyl (C=O) groups is 2. The van der Waals surface area contributed by atoms with E-state index >= 15 is 0 Å². The van der Waals surface area contributed by atoms with Crippen LogP contribution >= 0.6 is 0 Å². The van der Waals surface area contributed by atoms with Gasteiger partial charge in [-0.3, -0.25) is 4.79 Å². The van der Waals surface area contributed by atoms with Crippen molar-refractivity contribution in [3.05, 3.63) is 12.2 Å². The summed E-state index contributed by atoms with van der Waals surface area (Å²) in [5, 5.41) is 4.86. The highest BCUT2D eigenvalue weighted by atomic mass is 16.2. The minimum absolute atomic E-state index is 0.308. The number of hydrogen-bond donors (Lipinski definition) is 2. The van der Waals surface area contributed by atoms with Crippen LogP contribution in [0.25, 0.3) is 0 Å². The van der Waals surface area contributed by atoms with Gasteiger partial charge in [0.05, 0.1) is 0 Å². The van der Waals surface area contributed by atoms with Gasteiger partial charge in [0, 0.05) is 5.57 Å². The number of urea groups is 1. The normalized spacial score (nSPS) is 11.2. The molecule has 0 spiro atoms. The molecule has 1 atom stereocenters. The largest absolute Gasteiger partial charge is 0.341 e. The first kappa shape index (κ1) is 11.4. The molecule has 5 nitrogen and oxygen atoms in total. The molecular formula is C8H13N3O2. The van der Waals surface area contributed by atoms with Gasteiger partial charge in [-0.25, -0.2) is 9.79 Å². The average molecular weight is 183 g/mol. The number of nitrogens with zero attached hydrogens (tertiary/aromatic N) is 1. The Morgan fingerprint density at radius 2 is 1.92 bits per heavy atom. The standard InChI is InChI=1S/C8H13N3O2/c1-5(2)7(12)10-6(3)11-8(13)9-4/h6H,1,4H2,2-3H3,(H,10,12)(H,11,13). The number of carbonyl (C=O) groups excluding carboxylic acids is 2. The van der Waals surface area contributed by atoms with Gasteiger partial charge in [0.15, 0.2) is 0 Å². The van der Waals surface area contributed by atoms with E-state index in [1.54, 1.807) is 13.8 Å². The van der Waals surface area contributed by atoms with E-state index in [4.69, 9.17) is 0 Å². The lowest BCUT2D eigenvalue weighted by Crippen LogP contribution is -2.45. The van der Waals surface area contributed by atoms with Gasteiger partial charge in [0.1, 0.15) is 6.17 Å². The molecule has 2 N–H and O–H groups in total.